The van der Waals surface area contributed by atoms with Crippen molar-refractivity contribution in [3.8, 4) is 5.75 Å². The van der Waals surface area contributed by atoms with Crippen LogP contribution in [0.1, 0.15) is 20.7 Å². The molecule has 0 spiro atoms. The van der Waals surface area contributed by atoms with Gasteiger partial charge in [0.2, 0.25) is 0 Å². The number of aliphatic hydroxyl groups is 2. The number of carbonyl (C=O) groups is 2. The number of nitro groups is 1. The number of benzene rings is 5. The number of para-hydroxylation sites is 2. The molecule has 0 aliphatic rings. The first-order chi connectivity index (χ1) is 25.3. The first kappa shape index (κ1) is 39.6. The van der Waals surface area contributed by atoms with E-state index in [1.54, 1.807) is 60.7 Å². The number of aliphatic hydroxyl groups excluding tert-OH is 2. The number of nitrogens with zero attached hydrogens (tertiary/aromatic N) is 2. The summed E-state index contributed by atoms with van der Waals surface area (Å²) in [6, 6.07) is 32.7. The Morgan fingerprint density at radius 2 is 1.04 bits per heavy atom. The van der Waals surface area contributed by atoms with Crippen LogP contribution in [0.3, 0.4) is 0 Å². The van der Waals surface area contributed by atoms with Gasteiger partial charge in [-0.2, -0.15) is 0 Å². The minimum Gasteiger partial charge on any atom is -0.423 e. The van der Waals surface area contributed by atoms with E-state index in [2.05, 4.69) is 9.44 Å². The van der Waals surface area contributed by atoms with Crippen molar-refractivity contribution in [1.29, 1.82) is 0 Å². The van der Waals surface area contributed by atoms with Gasteiger partial charge in [-0.15, -0.1) is 0 Å². The van der Waals surface area contributed by atoms with Gasteiger partial charge in [-0.3, -0.25) is 24.4 Å². The summed E-state index contributed by atoms with van der Waals surface area (Å²) in [5.41, 5.74) is 1.15. The summed E-state index contributed by atoms with van der Waals surface area (Å²) in [5.74, 6) is -0.963. The smallest absolute Gasteiger partial charge is 0.343 e. The quantitative estimate of drug-likeness (QED) is 0.0533. The Bertz CT molecular complexity index is 2200. The van der Waals surface area contributed by atoms with E-state index in [0.29, 0.717) is 11.4 Å². The monoisotopic (exact) mass is 762 g/mol. The predicted molar refractivity (Wildman–Crippen MR) is 196 cm³/mol. The van der Waals surface area contributed by atoms with E-state index in [0.717, 1.165) is 0 Å². The molecular formula is C36H34N4O11S2. The lowest BCUT2D eigenvalue weighted by molar-refractivity contribution is -0.384. The molecule has 276 valence electrons. The number of amides is 1. The molecule has 0 atom stereocenters. The van der Waals surface area contributed by atoms with Crippen LogP contribution in [0.2, 0.25) is 0 Å². The van der Waals surface area contributed by atoms with Crippen LogP contribution in [0.4, 0.5) is 17.1 Å². The highest BCUT2D eigenvalue weighted by atomic mass is 32.2. The summed E-state index contributed by atoms with van der Waals surface area (Å²) < 4.78 is 59.5. The van der Waals surface area contributed by atoms with E-state index >= 15 is 0 Å². The standard InChI is InChI=1S/C19H14N2O6S.C17H20N2O5S/c22-19(27-17-10-8-16(9-11-17)21(23)24)14-6-12-18(13-7-14)28(25,26)20-15-4-2-1-3-5-15;20-12-10-19(11-13-21)17(22)14-6-8-16(9-7-14)25(23,24)18-15-4-2-1-3-5-15/h1-13,20H;1-9,18,20-21H,10-13H2. The van der Waals surface area contributed by atoms with E-state index in [1.165, 1.54) is 77.7 Å². The Morgan fingerprint density at radius 1 is 0.623 bits per heavy atom. The normalized spacial score (nSPS) is 11.0. The summed E-state index contributed by atoms with van der Waals surface area (Å²) in [5, 5.41) is 28.6. The number of non-ortho nitro benzene ring substituents is 1. The first-order valence-corrected chi connectivity index (χ1v) is 18.6. The Kier molecular flexibility index (Phi) is 13.7. The van der Waals surface area contributed by atoms with Gasteiger partial charge in [0, 0.05) is 42.2 Å². The molecule has 5 aromatic carbocycles. The largest absolute Gasteiger partial charge is 0.423 e. The van der Waals surface area contributed by atoms with Gasteiger partial charge < -0.3 is 19.8 Å². The molecule has 5 rings (SSSR count). The van der Waals surface area contributed by atoms with E-state index in [4.69, 9.17) is 14.9 Å². The van der Waals surface area contributed by atoms with Gasteiger partial charge in [0.1, 0.15) is 5.75 Å². The molecule has 0 bridgehead atoms. The molecule has 0 radical (unpaired) electrons. The minimum atomic E-state index is -3.79. The van der Waals surface area contributed by atoms with Crippen molar-refractivity contribution >= 4 is 49.0 Å². The van der Waals surface area contributed by atoms with Crippen LogP contribution < -0.4 is 14.2 Å². The van der Waals surface area contributed by atoms with Gasteiger partial charge in [0.05, 0.1) is 33.5 Å². The van der Waals surface area contributed by atoms with Gasteiger partial charge in [0.25, 0.3) is 31.6 Å². The summed E-state index contributed by atoms with van der Waals surface area (Å²) in [6.45, 7) is -0.261. The third kappa shape index (κ3) is 11.4. The lowest BCUT2D eigenvalue weighted by Crippen LogP contribution is -2.35. The highest BCUT2D eigenvalue weighted by Crippen LogP contribution is 2.21. The van der Waals surface area contributed by atoms with Crippen molar-refractivity contribution in [2.24, 2.45) is 0 Å². The molecule has 53 heavy (non-hydrogen) atoms. The van der Waals surface area contributed by atoms with Crippen LogP contribution in [-0.2, 0) is 20.0 Å². The number of hydrogen-bond acceptors (Lipinski definition) is 11. The van der Waals surface area contributed by atoms with E-state index < -0.39 is 30.9 Å². The molecule has 1 amide bonds. The molecule has 0 heterocycles. The van der Waals surface area contributed by atoms with Gasteiger partial charge in [-0.1, -0.05) is 36.4 Å². The maximum absolute atomic E-state index is 12.4. The molecule has 0 aromatic heterocycles. The highest BCUT2D eigenvalue weighted by molar-refractivity contribution is 7.93. The molecule has 0 saturated carbocycles. The van der Waals surface area contributed by atoms with Crippen molar-refractivity contribution in [3.63, 3.8) is 0 Å². The zero-order valence-electron chi connectivity index (χ0n) is 27.8. The van der Waals surface area contributed by atoms with Crippen molar-refractivity contribution in [2.45, 2.75) is 9.79 Å². The molecule has 17 heteroatoms. The molecule has 4 N–H and O–H groups in total. The molecule has 5 aromatic rings. The Labute approximate surface area is 305 Å². The van der Waals surface area contributed by atoms with Crippen molar-refractivity contribution in [2.75, 3.05) is 35.7 Å². The zero-order valence-corrected chi connectivity index (χ0v) is 29.4. The molecule has 0 unspecified atom stereocenters. The lowest BCUT2D eigenvalue weighted by Gasteiger charge is -2.20. The number of sulfonamides is 2. The second kappa shape index (κ2) is 18.4. The first-order valence-electron chi connectivity index (χ1n) is 15.7. The van der Waals surface area contributed by atoms with Crippen molar-refractivity contribution in [3.05, 3.63) is 155 Å². The molecule has 15 nitrogen and oxygen atoms in total. The Balaban J connectivity index is 0.000000238. The summed E-state index contributed by atoms with van der Waals surface area (Å²) in [6.07, 6.45) is 0. The summed E-state index contributed by atoms with van der Waals surface area (Å²) >= 11 is 0. The Hall–Kier alpha value is -6.14. The number of ether oxygens (including phenoxy) is 1. The second-order valence-corrected chi connectivity index (χ2v) is 14.2. The number of rotatable bonds is 14. The van der Waals surface area contributed by atoms with Crippen LogP contribution in [0.15, 0.2) is 143 Å². The maximum atomic E-state index is 12.4. The number of hydrogen-bond donors (Lipinski definition) is 4. The van der Waals surface area contributed by atoms with Gasteiger partial charge in [-0.25, -0.2) is 21.6 Å². The van der Waals surface area contributed by atoms with E-state index in [9.17, 15) is 36.5 Å². The fraction of sp³-hybridized carbons (Fsp3) is 0.111. The third-order valence-corrected chi connectivity index (χ3v) is 9.94. The Morgan fingerprint density at radius 3 is 1.43 bits per heavy atom. The SMILES string of the molecule is O=C(Oc1ccc([N+](=O)[O-])cc1)c1ccc(S(=O)(=O)Nc2ccccc2)cc1.O=C(c1ccc(S(=O)(=O)Nc2ccccc2)cc1)N(CCO)CCO. The molecular weight excluding hydrogens is 729 g/mol. The van der Waals surface area contributed by atoms with Gasteiger partial charge in [-0.05, 0) is 84.9 Å². The number of carbonyl (C=O) groups excluding carboxylic acids is 2. The van der Waals surface area contributed by atoms with Gasteiger partial charge >= 0.3 is 5.97 Å². The highest BCUT2D eigenvalue weighted by Gasteiger charge is 2.19. The molecule has 0 aliphatic carbocycles. The van der Waals surface area contributed by atoms with Crippen LogP contribution in [0.25, 0.3) is 0 Å². The number of anilines is 2. The molecule has 0 fully saturated rings. The van der Waals surface area contributed by atoms with Crippen LogP contribution in [0, 0.1) is 10.1 Å². The van der Waals surface area contributed by atoms with Crippen LogP contribution >= 0.6 is 0 Å². The maximum Gasteiger partial charge on any atom is 0.343 e. The van der Waals surface area contributed by atoms with Crippen molar-refractivity contribution in [1.82, 2.24) is 4.90 Å². The zero-order chi connectivity index (χ0) is 38.4. The van der Waals surface area contributed by atoms with Crippen LogP contribution in [0.5, 0.6) is 5.75 Å². The minimum absolute atomic E-state index is 0.0109. The number of esters is 1. The van der Waals surface area contributed by atoms with E-state index in [-0.39, 0.29) is 64.6 Å². The van der Waals surface area contributed by atoms with Crippen molar-refractivity contribution < 1.29 is 46.3 Å². The summed E-state index contributed by atoms with van der Waals surface area (Å²) in [4.78, 5) is 35.9. The topological polar surface area (TPSA) is 223 Å². The number of nitro benzene ring substituents is 1. The predicted octanol–water partition coefficient (Wildman–Crippen LogP) is 4.53. The fourth-order valence-corrected chi connectivity index (χ4v) is 6.65. The summed E-state index contributed by atoms with van der Waals surface area (Å²) in [7, 11) is -7.54. The molecule has 0 aliphatic heterocycles. The van der Waals surface area contributed by atoms with Crippen LogP contribution in [-0.4, -0.2) is 75.1 Å². The van der Waals surface area contributed by atoms with Gasteiger partial charge in [0.15, 0.2) is 0 Å². The number of nitrogens with one attached hydrogen (secondary N) is 2. The van der Waals surface area contributed by atoms with E-state index in [1.807, 2.05) is 0 Å². The fourth-order valence-electron chi connectivity index (χ4n) is 4.53. The lowest BCUT2D eigenvalue weighted by atomic mass is 10.2. The third-order valence-electron chi connectivity index (χ3n) is 7.15. The molecule has 0 saturated heterocycles. The average molecular weight is 763 g/mol. The second-order valence-electron chi connectivity index (χ2n) is 10.9. The average Bonchev–Trinajstić information content (AvgIpc) is 3.15.